The van der Waals surface area contributed by atoms with Crippen molar-refractivity contribution in [2.24, 2.45) is 5.92 Å². The summed E-state index contributed by atoms with van der Waals surface area (Å²) in [6, 6.07) is 4.42. The minimum absolute atomic E-state index is 0.0509. The summed E-state index contributed by atoms with van der Waals surface area (Å²) in [5, 5.41) is 14.0. The lowest BCUT2D eigenvalue weighted by atomic mass is 10.0. The number of aliphatic carboxylic acids is 1. The molecule has 0 saturated heterocycles. The Morgan fingerprint density at radius 2 is 1.70 bits per heavy atom. The lowest BCUT2D eigenvalue weighted by Gasteiger charge is -2.20. The number of nitrogens with one attached hydrogen (secondary N) is 2. The SMILES string of the molecule is CC(=O)Nc1ccc(S(=O)(=O)N(C)CC(=O)N[C@@H](CC(C)C)C(=O)O)cc1. The number of likely N-dealkylation sites (N-methyl/N-ethyl adjacent to an activating group) is 1. The molecule has 0 aromatic heterocycles. The molecule has 1 rings (SSSR count). The molecule has 150 valence electrons. The first-order valence-electron chi connectivity index (χ1n) is 8.29. The number of hydrogen-bond acceptors (Lipinski definition) is 5. The number of rotatable bonds is 9. The predicted octanol–water partition coefficient (Wildman–Crippen LogP) is 0.881. The van der Waals surface area contributed by atoms with Crippen molar-refractivity contribution in [3.63, 3.8) is 0 Å². The third kappa shape index (κ3) is 6.99. The average molecular weight is 399 g/mol. The molecular formula is C17H25N3O6S. The predicted molar refractivity (Wildman–Crippen MR) is 99.6 cm³/mol. The largest absolute Gasteiger partial charge is 0.480 e. The summed E-state index contributed by atoms with van der Waals surface area (Å²) < 4.78 is 25.9. The summed E-state index contributed by atoms with van der Waals surface area (Å²) in [6.07, 6.45) is 0.238. The first-order valence-corrected chi connectivity index (χ1v) is 9.73. The minimum Gasteiger partial charge on any atom is -0.480 e. The summed E-state index contributed by atoms with van der Waals surface area (Å²) in [5.41, 5.74) is 0.444. The molecule has 0 heterocycles. The van der Waals surface area contributed by atoms with Crippen LogP contribution in [0, 0.1) is 5.92 Å². The van der Waals surface area contributed by atoms with Crippen molar-refractivity contribution in [3.05, 3.63) is 24.3 Å². The second-order valence-electron chi connectivity index (χ2n) is 6.55. The molecular weight excluding hydrogens is 374 g/mol. The number of carbonyl (C=O) groups is 3. The first-order chi connectivity index (χ1) is 12.4. The van der Waals surface area contributed by atoms with Gasteiger partial charge in [-0.3, -0.25) is 9.59 Å². The van der Waals surface area contributed by atoms with Crippen LogP contribution in [-0.4, -0.2) is 55.2 Å². The Hall–Kier alpha value is -2.46. The van der Waals surface area contributed by atoms with Gasteiger partial charge in [-0.25, -0.2) is 13.2 Å². The third-order valence-electron chi connectivity index (χ3n) is 3.59. The van der Waals surface area contributed by atoms with Crippen molar-refractivity contribution >= 4 is 33.5 Å². The van der Waals surface area contributed by atoms with Crippen LogP contribution in [0.2, 0.25) is 0 Å². The second-order valence-corrected chi connectivity index (χ2v) is 8.60. The summed E-state index contributed by atoms with van der Waals surface area (Å²) >= 11 is 0. The highest BCUT2D eigenvalue weighted by atomic mass is 32.2. The maximum absolute atomic E-state index is 12.5. The van der Waals surface area contributed by atoms with Gasteiger partial charge in [-0.1, -0.05) is 13.8 Å². The highest BCUT2D eigenvalue weighted by Gasteiger charge is 2.26. The zero-order chi connectivity index (χ0) is 20.8. The van der Waals surface area contributed by atoms with Crippen LogP contribution in [0.5, 0.6) is 0 Å². The lowest BCUT2D eigenvalue weighted by Crippen LogP contribution is -2.46. The van der Waals surface area contributed by atoms with Crippen LogP contribution in [0.15, 0.2) is 29.2 Å². The van der Waals surface area contributed by atoms with E-state index in [0.29, 0.717) is 5.69 Å². The molecule has 10 heteroatoms. The van der Waals surface area contributed by atoms with Gasteiger partial charge >= 0.3 is 5.97 Å². The number of amides is 2. The topological polar surface area (TPSA) is 133 Å². The van der Waals surface area contributed by atoms with Gasteiger partial charge in [0.15, 0.2) is 0 Å². The molecule has 0 unspecified atom stereocenters. The zero-order valence-electron chi connectivity index (χ0n) is 15.7. The van der Waals surface area contributed by atoms with Crippen LogP contribution in [-0.2, 0) is 24.4 Å². The maximum Gasteiger partial charge on any atom is 0.326 e. The fourth-order valence-corrected chi connectivity index (χ4v) is 3.44. The second kappa shape index (κ2) is 9.47. The van der Waals surface area contributed by atoms with Gasteiger partial charge in [-0.2, -0.15) is 4.31 Å². The summed E-state index contributed by atoms with van der Waals surface area (Å²) in [6.45, 7) is 4.46. The Morgan fingerprint density at radius 1 is 1.15 bits per heavy atom. The van der Waals surface area contributed by atoms with E-state index in [1.165, 1.54) is 38.2 Å². The number of anilines is 1. The van der Waals surface area contributed by atoms with Gasteiger partial charge in [0.25, 0.3) is 0 Å². The van der Waals surface area contributed by atoms with Crippen molar-refractivity contribution in [2.45, 2.75) is 38.1 Å². The van der Waals surface area contributed by atoms with E-state index < -0.39 is 34.5 Å². The van der Waals surface area contributed by atoms with E-state index in [1.54, 1.807) is 0 Å². The van der Waals surface area contributed by atoms with E-state index in [4.69, 9.17) is 5.11 Å². The third-order valence-corrected chi connectivity index (χ3v) is 5.41. The number of carboxylic acids is 1. The fraction of sp³-hybridized carbons (Fsp3) is 0.471. The number of nitrogens with zero attached hydrogens (tertiary/aromatic N) is 1. The standard InChI is InChI=1S/C17H25N3O6S/c1-11(2)9-15(17(23)24)19-16(22)10-20(4)27(25,26)14-7-5-13(6-8-14)18-12(3)21/h5-8,11,15H,9-10H2,1-4H3,(H,18,21)(H,19,22)(H,23,24)/t15-/m0/s1. The number of carboxylic acid groups (broad SMARTS) is 1. The van der Waals surface area contributed by atoms with Gasteiger partial charge in [0.1, 0.15) is 6.04 Å². The fourth-order valence-electron chi connectivity index (χ4n) is 2.31. The van der Waals surface area contributed by atoms with Crippen molar-refractivity contribution < 1.29 is 27.9 Å². The normalized spacial score (nSPS) is 12.7. The first kappa shape index (κ1) is 22.6. The monoisotopic (exact) mass is 399 g/mol. The van der Waals surface area contributed by atoms with Gasteiger partial charge < -0.3 is 15.7 Å². The Labute approximate surface area is 158 Å². The molecule has 0 spiro atoms. The Balaban J connectivity index is 2.81. The van der Waals surface area contributed by atoms with Gasteiger partial charge in [0.2, 0.25) is 21.8 Å². The highest BCUT2D eigenvalue weighted by Crippen LogP contribution is 2.17. The smallest absolute Gasteiger partial charge is 0.326 e. The molecule has 3 N–H and O–H groups in total. The average Bonchev–Trinajstić information content (AvgIpc) is 2.53. The van der Waals surface area contributed by atoms with E-state index in [2.05, 4.69) is 10.6 Å². The van der Waals surface area contributed by atoms with E-state index in [9.17, 15) is 22.8 Å². The van der Waals surface area contributed by atoms with Crippen molar-refractivity contribution in [2.75, 3.05) is 18.9 Å². The molecule has 0 bridgehead atoms. The van der Waals surface area contributed by atoms with Crippen molar-refractivity contribution in [1.29, 1.82) is 0 Å². The molecule has 0 aliphatic carbocycles. The van der Waals surface area contributed by atoms with E-state index in [-0.39, 0.29) is 23.1 Å². The zero-order valence-corrected chi connectivity index (χ0v) is 16.5. The van der Waals surface area contributed by atoms with Crippen molar-refractivity contribution in [3.8, 4) is 0 Å². The lowest BCUT2D eigenvalue weighted by molar-refractivity contribution is -0.142. The van der Waals surface area contributed by atoms with Gasteiger partial charge in [0.05, 0.1) is 11.4 Å². The van der Waals surface area contributed by atoms with Crippen molar-refractivity contribution in [1.82, 2.24) is 9.62 Å². The van der Waals surface area contributed by atoms with Crippen LogP contribution in [0.25, 0.3) is 0 Å². The number of benzene rings is 1. The number of sulfonamides is 1. The van der Waals surface area contributed by atoms with Crippen LogP contribution in [0.1, 0.15) is 27.2 Å². The van der Waals surface area contributed by atoms with Crippen LogP contribution in [0.4, 0.5) is 5.69 Å². The van der Waals surface area contributed by atoms with E-state index >= 15 is 0 Å². The minimum atomic E-state index is -3.95. The molecule has 0 aliphatic rings. The Kier molecular flexibility index (Phi) is 7.92. The molecule has 1 atom stereocenters. The molecule has 2 amide bonds. The molecule has 0 radical (unpaired) electrons. The number of hydrogen-bond donors (Lipinski definition) is 3. The van der Waals surface area contributed by atoms with E-state index in [1.807, 2.05) is 13.8 Å². The van der Waals surface area contributed by atoms with E-state index in [0.717, 1.165) is 4.31 Å². The Bertz CT molecular complexity index is 789. The van der Waals surface area contributed by atoms with Crippen LogP contribution < -0.4 is 10.6 Å². The van der Waals surface area contributed by atoms with Crippen LogP contribution >= 0.6 is 0 Å². The van der Waals surface area contributed by atoms with Crippen LogP contribution in [0.3, 0.4) is 0 Å². The molecule has 27 heavy (non-hydrogen) atoms. The van der Waals surface area contributed by atoms with Gasteiger partial charge in [-0.15, -0.1) is 0 Å². The maximum atomic E-state index is 12.5. The highest BCUT2D eigenvalue weighted by molar-refractivity contribution is 7.89. The number of carbonyl (C=O) groups excluding carboxylic acids is 2. The molecule has 1 aromatic carbocycles. The Morgan fingerprint density at radius 3 is 2.15 bits per heavy atom. The van der Waals surface area contributed by atoms with Gasteiger partial charge in [0, 0.05) is 19.7 Å². The molecule has 0 saturated carbocycles. The molecule has 9 nitrogen and oxygen atoms in total. The molecule has 1 aromatic rings. The summed E-state index contributed by atoms with van der Waals surface area (Å²) in [5.74, 6) is -2.11. The molecule has 0 aliphatic heterocycles. The van der Waals surface area contributed by atoms with Gasteiger partial charge in [-0.05, 0) is 36.6 Å². The summed E-state index contributed by atoms with van der Waals surface area (Å²) in [7, 11) is -2.71. The summed E-state index contributed by atoms with van der Waals surface area (Å²) in [4.78, 5) is 34.2. The quantitative estimate of drug-likeness (QED) is 0.565. The molecule has 0 fully saturated rings.